The van der Waals surface area contributed by atoms with Crippen LogP contribution in [0.4, 0.5) is 0 Å². The number of benzene rings is 3. The largest absolute Gasteiger partial charge is 0.483 e. The lowest BCUT2D eigenvalue weighted by atomic mass is 10.2. The molecular formula is C22H17ClN2O4. The number of hydrogen-bond donors (Lipinski definition) is 2. The summed E-state index contributed by atoms with van der Waals surface area (Å²) in [5.74, 6) is 1.38. The number of hydrogen-bond acceptors (Lipinski definition) is 4. The van der Waals surface area contributed by atoms with Crippen molar-refractivity contribution in [1.29, 1.82) is 0 Å². The van der Waals surface area contributed by atoms with Crippen molar-refractivity contribution < 1.29 is 19.4 Å². The number of H-pyrrole nitrogens is 1. The molecule has 1 heterocycles. The summed E-state index contributed by atoms with van der Waals surface area (Å²) in [6, 6.07) is 19.1. The van der Waals surface area contributed by atoms with E-state index in [0.29, 0.717) is 28.1 Å². The van der Waals surface area contributed by atoms with Gasteiger partial charge in [-0.25, -0.2) is 9.78 Å². The first-order valence-corrected chi connectivity index (χ1v) is 9.29. The molecule has 29 heavy (non-hydrogen) atoms. The Bertz CT molecular complexity index is 1190. The molecule has 4 rings (SSSR count). The zero-order valence-corrected chi connectivity index (χ0v) is 16.2. The van der Waals surface area contributed by atoms with Crippen LogP contribution in [0.5, 0.6) is 17.2 Å². The van der Waals surface area contributed by atoms with Crippen molar-refractivity contribution in [2.45, 2.75) is 13.0 Å². The van der Waals surface area contributed by atoms with Crippen molar-refractivity contribution in [3.63, 3.8) is 0 Å². The molecular weight excluding hydrogens is 392 g/mol. The first-order chi connectivity index (χ1) is 14.0. The zero-order chi connectivity index (χ0) is 20.4. The van der Waals surface area contributed by atoms with Gasteiger partial charge in [-0.15, -0.1) is 0 Å². The highest BCUT2D eigenvalue weighted by Crippen LogP contribution is 2.28. The van der Waals surface area contributed by atoms with Crippen LogP contribution in [0.3, 0.4) is 0 Å². The van der Waals surface area contributed by atoms with Gasteiger partial charge in [0.2, 0.25) is 0 Å². The summed E-state index contributed by atoms with van der Waals surface area (Å²) in [5.41, 5.74) is 1.74. The Kier molecular flexibility index (Phi) is 5.10. The van der Waals surface area contributed by atoms with E-state index in [2.05, 4.69) is 9.97 Å². The number of fused-ring (bicyclic) bond motifs is 1. The molecule has 1 aromatic heterocycles. The third kappa shape index (κ3) is 4.33. The Hall–Kier alpha value is -3.51. The van der Waals surface area contributed by atoms with E-state index in [1.54, 1.807) is 24.3 Å². The molecule has 4 aromatic rings. The molecule has 0 spiro atoms. The molecule has 0 saturated carbocycles. The van der Waals surface area contributed by atoms with Crippen LogP contribution >= 0.6 is 11.6 Å². The number of nitrogens with zero attached hydrogens (tertiary/aromatic N) is 1. The first-order valence-electron chi connectivity index (χ1n) is 8.91. The van der Waals surface area contributed by atoms with Crippen molar-refractivity contribution in [3.8, 4) is 17.2 Å². The Morgan fingerprint density at radius 1 is 1.03 bits per heavy atom. The van der Waals surface area contributed by atoms with Gasteiger partial charge in [-0.3, -0.25) is 0 Å². The predicted octanol–water partition coefficient (Wildman–Crippen LogP) is 5.85. The Morgan fingerprint density at radius 3 is 2.59 bits per heavy atom. The average molecular weight is 409 g/mol. The predicted molar refractivity (Wildman–Crippen MR) is 110 cm³/mol. The fourth-order valence-electron chi connectivity index (χ4n) is 2.89. The van der Waals surface area contributed by atoms with Crippen LogP contribution in [-0.4, -0.2) is 21.0 Å². The van der Waals surface area contributed by atoms with Gasteiger partial charge in [0, 0.05) is 11.1 Å². The van der Waals surface area contributed by atoms with E-state index < -0.39 is 12.1 Å². The molecule has 7 heteroatoms. The highest BCUT2D eigenvalue weighted by atomic mass is 35.5. The molecule has 0 aliphatic heterocycles. The van der Waals surface area contributed by atoms with Crippen LogP contribution in [0.15, 0.2) is 66.7 Å². The number of aromatic nitrogens is 2. The molecule has 0 aliphatic carbocycles. The van der Waals surface area contributed by atoms with E-state index in [0.717, 1.165) is 11.0 Å². The fraction of sp³-hybridized carbons (Fsp3) is 0.0909. The molecule has 0 saturated heterocycles. The highest BCUT2D eigenvalue weighted by molar-refractivity contribution is 6.30. The van der Waals surface area contributed by atoms with Gasteiger partial charge < -0.3 is 19.6 Å². The molecule has 2 N–H and O–H groups in total. The SMILES string of the molecule is CC(Oc1cccc(C(=O)O)c1)c1nc2ccc(Oc3cccc(Cl)c3)cc2[nH]1. The van der Waals surface area contributed by atoms with Gasteiger partial charge in [0.05, 0.1) is 16.6 Å². The van der Waals surface area contributed by atoms with Crippen molar-refractivity contribution in [1.82, 2.24) is 9.97 Å². The van der Waals surface area contributed by atoms with Crippen molar-refractivity contribution >= 4 is 28.6 Å². The van der Waals surface area contributed by atoms with E-state index in [4.69, 9.17) is 26.2 Å². The van der Waals surface area contributed by atoms with E-state index in [-0.39, 0.29) is 5.56 Å². The van der Waals surface area contributed by atoms with E-state index in [1.807, 2.05) is 37.3 Å². The maximum absolute atomic E-state index is 11.1. The zero-order valence-electron chi connectivity index (χ0n) is 15.4. The van der Waals surface area contributed by atoms with Crippen molar-refractivity contribution in [2.24, 2.45) is 0 Å². The van der Waals surface area contributed by atoms with Crippen LogP contribution in [0.25, 0.3) is 11.0 Å². The highest BCUT2D eigenvalue weighted by Gasteiger charge is 2.14. The van der Waals surface area contributed by atoms with Crippen LogP contribution in [-0.2, 0) is 0 Å². The summed E-state index contributed by atoms with van der Waals surface area (Å²) in [5, 5.41) is 9.71. The third-order valence-electron chi connectivity index (χ3n) is 4.28. The minimum atomic E-state index is -1.00. The number of nitrogens with one attached hydrogen (secondary N) is 1. The normalized spacial score (nSPS) is 11.9. The second-order valence-corrected chi connectivity index (χ2v) is 6.89. The fourth-order valence-corrected chi connectivity index (χ4v) is 3.07. The molecule has 0 radical (unpaired) electrons. The van der Waals surface area contributed by atoms with Gasteiger partial charge in [0.15, 0.2) is 6.10 Å². The van der Waals surface area contributed by atoms with Crippen LogP contribution < -0.4 is 9.47 Å². The first kappa shape index (κ1) is 18.8. The molecule has 1 atom stereocenters. The summed E-state index contributed by atoms with van der Waals surface area (Å²) in [6.07, 6.45) is -0.399. The summed E-state index contributed by atoms with van der Waals surface area (Å²) >= 11 is 6.00. The topological polar surface area (TPSA) is 84.4 Å². The molecule has 0 amide bonds. The number of imidazole rings is 1. The standard InChI is InChI=1S/C22H17ClN2O4/c1-13(28-16-6-2-4-14(10-16)22(26)27)21-24-19-9-8-18(12-20(19)25-21)29-17-7-3-5-15(23)11-17/h2-13H,1H3,(H,24,25)(H,26,27). The van der Waals surface area contributed by atoms with Crippen LogP contribution in [0.1, 0.15) is 29.2 Å². The monoisotopic (exact) mass is 408 g/mol. The lowest BCUT2D eigenvalue weighted by molar-refractivity contribution is 0.0696. The van der Waals surface area contributed by atoms with E-state index >= 15 is 0 Å². The lowest BCUT2D eigenvalue weighted by Gasteiger charge is -2.12. The molecule has 0 bridgehead atoms. The number of ether oxygens (including phenoxy) is 2. The number of halogens is 1. The van der Waals surface area contributed by atoms with Crippen LogP contribution in [0.2, 0.25) is 5.02 Å². The number of rotatable bonds is 6. The van der Waals surface area contributed by atoms with Gasteiger partial charge in [-0.05, 0) is 55.5 Å². The average Bonchev–Trinajstić information content (AvgIpc) is 3.12. The van der Waals surface area contributed by atoms with E-state index in [1.165, 1.54) is 12.1 Å². The summed E-state index contributed by atoms with van der Waals surface area (Å²) in [7, 11) is 0. The maximum Gasteiger partial charge on any atom is 0.335 e. The molecule has 0 fully saturated rings. The second kappa shape index (κ2) is 7.85. The molecule has 1 unspecified atom stereocenters. The Balaban J connectivity index is 1.54. The van der Waals surface area contributed by atoms with Crippen molar-refractivity contribution in [3.05, 3.63) is 83.1 Å². The number of aromatic carboxylic acids is 1. The number of aromatic amines is 1. The molecule has 6 nitrogen and oxygen atoms in total. The number of carboxylic acid groups (broad SMARTS) is 1. The summed E-state index contributed by atoms with van der Waals surface area (Å²) in [4.78, 5) is 18.9. The lowest BCUT2D eigenvalue weighted by Crippen LogP contribution is -2.06. The Morgan fingerprint density at radius 2 is 1.79 bits per heavy atom. The minimum absolute atomic E-state index is 0.169. The molecule has 146 valence electrons. The second-order valence-electron chi connectivity index (χ2n) is 6.45. The Labute approximate surface area is 171 Å². The van der Waals surface area contributed by atoms with Crippen LogP contribution in [0, 0.1) is 0 Å². The minimum Gasteiger partial charge on any atom is -0.483 e. The van der Waals surface area contributed by atoms with Gasteiger partial charge in [-0.2, -0.15) is 0 Å². The quantitative estimate of drug-likeness (QED) is 0.418. The number of carbonyl (C=O) groups is 1. The number of carboxylic acids is 1. The van der Waals surface area contributed by atoms with Gasteiger partial charge in [0.1, 0.15) is 23.1 Å². The van der Waals surface area contributed by atoms with Gasteiger partial charge >= 0.3 is 5.97 Å². The third-order valence-corrected chi connectivity index (χ3v) is 4.52. The van der Waals surface area contributed by atoms with Gasteiger partial charge in [0.25, 0.3) is 0 Å². The molecule has 0 aliphatic rings. The maximum atomic E-state index is 11.1. The smallest absolute Gasteiger partial charge is 0.335 e. The van der Waals surface area contributed by atoms with Crippen molar-refractivity contribution in [2.75, 3.05) is 0 Å². The molecule has 3 aromatic carbocycles. The van der Waals surface area contributed by atoms with E-state index in [9.17, 15) is 4.79 Å². The van der Waals surface area contributed by atoms with Gasteiger partial charge in [-0.1, -0.05) is 23.7 Å². The summed E-state index contributed by atoms with van der Waals surface area (Å²) in [6.45, 7) is 1.84. The summed E-state index contributed by atoms with van der Waals surface area (Å²) < 4.78 is 11.7.